The Morgan fingerprint density at radius 3 is 2.20 bits per heavy atom. The van der Waals surface area contributed by atoms with E-state index in [0.717, 1.165) is 0 Å². The van der Waals surface area contributed by atoms with Crippen molar-refractivity contribution in [2.75, 3.05) is 10.8 Å². The average molecular weight is 290 g/mol. The Labute approximate surface area is 121 Å². The monoisotopic (exact) mass is 289 g/mol. The number of benzene rings is 2. The molecule has 20 heavy (non-hydrogen) atoms. The fraction of sp³-hybridized carbons (Fsp3) is 0.0667. The maximum absolute atomic E-state index is 12.1. The van der Waals surface area contributed by atoms with Gasteiger partial charge in [-0.25, -0.2) is 4.79 Å². The van der Waals surface area contributed by atoms with Crippen molar-refractivity contribution in [2.24, 2.45) is 0 Å². The molecule has 5 heteroatoms. The molecule has 2 aromatic carbocycles. The number of halogens is 1. The molecule has 0 heterocycles. The third-order valence-corrected chi connectivity index (χ3v) is 2.98. The van der Waals surface area contributed by atoms with E-state index in [4.69, 9.17) is 11.6 Å². The normalized spacial score (nSPS) is 10.1. The smallest absolute Gasteiger partial charge is 0.337 e. The van der Waals surface area contributed by atoms with Gasteiger partial charge in [0.1, 0.15) is 5.88 Å². The van der Waals surface area contributed by atoms with Crippen LogP contribution >= 0.6 is 11.6 Å². The van der Waals surface area contributed by atoms with Crippen LogP contribution in [0.3, 0.4) is 0 Å². The van der Waals surface area contributed by atoms with Crippen LogP contribution in [0.15, 0.2) is 54.6 Å². The number of hydrogen-bond acceptors (Lipinski definition) is 2. The molecule has 0 bridgehead atoms. The van der Waals surface area contributed by atoms with Gasteiger partial charge in [-0.3, -0.25) is 9.69 Å². The van der Waals surface area contributed by atoms with E-state index in [-0.39, 0.29) is 17.4 Å². The van der Waals surface area contributed by atoms with Crippen LogP contribution in [0.2, 0.25) is 0 Å². The molecule has 0 radical (unpaired) electrons. The van der Waals surface area contributed by atoms with Crippen molar-refractivity contribution in [1.29, 1.82) is 0 Å². The van der Waals surface area contributed by atoms with E-state index >= 15 is 0 Å². The van der Waals surface area contributed by atoms with Crippen molar-refractivity contribution >= 4 is 34.9 Å². The fourth-order valence-electron chi connectivity index (χ4n) is 1.90. The molecule has 0 aliphatic heterocycles. The Balaban J connectivity index is 2.59. The maximum Gasteiger partial charge on any atom is 0.337 e. The summed E-state index contributed by atoms with van der Waals surface area (Å²) in [7, 11) is 0. The molecule has 0 spiro atoms. The standard InChI is InChI=1S/C15H12ClNO3/c16-10-14(18)17(11-6-2-1-3-7-11)13-9-5-4-8-12(13)15(19)20/h1-9H,10H2,(H,19,20). The van der Waals surface area contributed by atoms with Crippen LogP contribution in [0.5, 0.6) is 0 Å². The largest absolute Gasteiger partial charge is 0.478 e. The zero-order valence-electron chi connectivity index (χ0n) is 10.5. The number of carboxylic acids is 1. The summed E-state index contributed by atoms with van der Waals surface area (Å²) < 4.78 is 0. The molecule has 102 valence electrons. The minimum Gasteiger partial charge on any atom is -0.478 e. The minimum absolute atomic E-state index is 0.0508. The first kappa shape index (κ1) is 14.1. The van der Waals surface area contributed by atoms with Crippen LogP contribution in [-0.4, -0.2) is 22.9 Å². The lowest BCUT2D eigenvalue weighted by Gasteiger charge is -2.23. The molecule has 0 aromatic heterocycles. The lowest BCUT2D eigenvalue weighted by molar-refractivity contribution is -0.115. The molecule has 0 saturated carbocycles. The summed E-state index contributed by atoms with van der Waals surface area (Å²) in [4.78, 5) is 24.7. The number of carbonyl (C=O) groups excluding carboxylic acids is 1. The van der Waals surface area contributed by atoms with Gasteiger partial charge in [0.25, 0.3) is 0 Å². The van der Waals surface area contributed by atoms with Gasteiger partial charge in [0.05, 0.1) is 11.3 Å². The van der Waals surface area contributed by atoms with E-state index in [1.807, 2.05) is 6.07 Å². The summed E-state index contributed by atoms with van der Waals surface area (Å²) in [5, 5.41) is 9.24. The number of alkyl halides is 1. The summed E-state index contributed by atoms with van der Waals surface area (Å²) in [6.45, 7) is 0. The zero-order valence-corrected chi connectivity index (χ0v) is 11.2. The first-order chi connectivity index (χ1) is 9.65. The van der Waals surface area contributed by atoms with Crippen molar-refractivity contribution in [3.8, 4) is 0 Å². The first-order valence-corrected chi connectivity index (χ1v) is 6.45. The Bertz CT molecular complexity index is 628. The number of aromatic carboxylic acids is 1. The highest BCUT2D eigenvalue weighted by Gasteiger charge is 2.22. The van der Waals surface area contributed by atoms with Crippen molar-refractivity contribution < 1.29 is 14.7 Å². The van der Waals surface area contributed by atoms with Gasteiger partial charge in [-0.2, -0.15) is 0 Å². The second-order valence-corrected chi connectivity index (χ2v) is 4.29. The zero-order chi connectivity index (χ0) is 14.5. The van der Waals surface area contributed by atoms with E-state index in [2.05, 4.69) is 0 Å². The molecular formula is C15H12ClNO3. The maximum atomic E-state index is 12.1. The summed E-state index contributed by atoms with van der Waals surface area (Å²) in [6, 6.07) is 15.1. The second kappa shape index (κ2) is 6.21. The van der Waals surface area contributed by atoms with Gasteiger partial charge in [-0.05, 0) is 24.3 Å². The van der Waals surface area contributed by atoms with Crippen molar-refractivity contribution in [3.63, 3.8) is 0 Å². The van der Waals surface area contributed by atoms with Gasteiger partial charge in [-0.1, -0.05) is 30.3 Å². The summed E-state index contributed by atoms with van der Waals surface area (Å²) >= 11 is 5.64. The van der Waals surface area contributed by atoms with Gasteiger partial charge >= 0.3 is 5.97 Å². The molecule has 0 aliphatic rings. The van der Waals surface area contributed by atoms with Crippen LogP contribution in [-0.2, 0) is 4.79 Å². The highest BCUT2D eigenvalue weighted by Crippen LogP contribution is 2.29. The number of carbonyl (C=O) groups is 2. The highest BCUT2D eigenvalue weighted by molar-refractivity contribution is 6.30. The third-order valence-electron chi connectivity index (χ3n) is 2.75. The minimum atomic E-state index is -1.09. The Morgan fingerprint density at radius 1 is 1.00 bits per heavy atom. The first-order valence-electron chi connectivity index (χ1n) is 5.91. The molecule has 2 aromatic rings. The average Bonchev–Trinajstić information content (AvgIpc) is 2.48. The van der Waals surface area contributed by atoms with Crippen molar-refractivity contribution in [3.05, 3.63) is 60.2 Å². The van der Waals surface area contributed by atoms with Gasteiger partial charge in [0.15, 0.2) is 0 Å². The molecule has 0 unspecified atom stereocenters. The lowest BCUT2D eigenvalue weighted by atomic mass is 10.1. The van der Waals surface area contributed by atoms with Gasteiger partial charge in [0, 0.05) is 5.69 Å². The number of hydrogen-bond donors (Lipinski definition) is 1. The van der Waals surface area contributed by atoms with E-state index in [0.29, 0.717) is 11.4 Å². The predicted molar refractivity (Wildman–Crippen MR) is 77.7 cm³/mol. The van der Waals surface area contributed by atoms with Gasteiger partial charge < -0.3 is 5.11 Å². The molecular weight excluding hydrogens is 278 g/mol. The molecule has 0 saturated heterocycles. The number of anilines is 2. The number of rotatable bonds is 4. The molecule has 4 nitrogen and oxygen atoms in total. The summed E-state index contributed by atoms with van der Waals surface area (Å²) in [6.07, 6.45) is 0. The Kier molecular flexibility index (Phi) is 4.38. The molecule has 0 atom stereocenters. The predicted octanol–water partition coefficient (Wildman–Crippen LogP) is 3.29. The number of nitrogens with zero attached hydrogens (tertiary/aromatic N) is 1. The fourth-order valence-corrected chi connectivity index (χ4v) is 2.02. The molecule has 2 rings (SSSR count). The summed E-state index contributed by atoms with van der Waals surface area (Å²) in [5.74, 6) is -1.71. The third kappa shape index (κ3) is 2.81. The lowest BCUT2D eigenvalue weighted by Crippen LogP contribution is -2.28. The van der Waals surface area contributed by atoms with Crippen LogP contribution in [0.4, 0.5) is 11.4 Å². The Morgan fingerprint density at radius 2 is 1.60 bits per heavy atom. The molecule has 1 amide bonds. The van der Waals surface area contributed by atoms with Crippen molar-refractivity contribution in [1.82, 2.24) is 0 Å². The number of amides is 1. The number of para-hydroxylation sites is 2. The number of carboxylic acid groups (broad SMARTS) is 1. The van der Waals surface area contributed by atoms with Gasteiger partial charge in [0.2, 0.25) is 5.91 Å². The van der Waals surface area contributed by atoms with Crippen molar-refractivity contribution in [2.45, 2.75) is 0 Å². The van der Waals surface area contributed by atoms with E-state index < -0.39 is 5.97 Å². The molecule has 0 fully saturated rings. The van der Waals surface area contributed by atoms with Crippen LogP contribution < -0.4 is 4.90 Å². The highest BCUT2D eigenvalue weighted by atomic mass is 35.5. The van der Waals surface area contributed by atoms with Crippen LogP contribution in [0, 0.1) is 0 Å². The van der Waals surface area contributed by atoms with Crippen LogP contribution in [0.1, 0.15) is 10.4 Å². The second-order valence-electron chi connectivity index (χ2n) is 4.02. The van der Waals surface area contributed by atoms with E-state index in [1.165, 1.54) is 11.0 Å². The topological polar surface area (TPSA) is 57.6 Å². The van der Waals surface area contributed by atoms with Gasteiger partial charge in [-0.15, -0.1) is 11.6 Å². The van der Waals surface area contributed by atoms with Crippen LogP contribution in [0.25, 0.3) is 0 Å². The van der Waals surface area contributed by atoms with E-state index in [9.17, 15) is 14.7 Å². The quantitative estimate of drug-likeness (QED) is 0.879. The SMILES string of the molecule is O=C(O)c1ccccc1N(C(=O)CCl)c1ccccc1. The molecule has 1 N–H and O–H groups in total. The summed E-state index contributed by atoms with van der Waals surface area (Å²) in [5.41, 5.74) is 0.929. The van der Waals surface area contributed by atoms with E-state index in [1.54, 1.807) is 42.5 Å². The Hall–Kier alpha value is -2.33. The molecule has 0 aliphatic carbocycles.